The average Bonchev–Trinajstić information content (AvgIpc) is 2.89. The van der Waals surface area contributed by atoms with E-state index in [4.69, 9.17) is 23.2 Å². The second kappa shape index (κ2) is 13.2. The molecule has 0 saturated carbocycles. The van der Waals surface area contributed by atoms with E-state index >= 15 is 0 Å². The highest BCUT2D eigenvalue weighted by atomic mass is 35.5. The summed E-state index contributed by atoms with van der Waals surface area (Å²) in [7, 11) is -3.90. The minimum Gasteiger partial charge on any atom is -0.349 e. The Labute approximate surface area is 252 Å². The van der Waals surface area contributed by atoms with E-state index in [-0.39, 0.29) is 34.7 Å². The van der Waals surface area contributed by atoms with Crippen molar-refractivity contribution in [2.24, 2.45) is 0 Å². The standard InChI is InChI=1S/C31H36Cl2FN3O3S/c1-31(2,3)35-18-20-7-13-25-23(15-20)5-4-6-28(25)36-30(38)17-29(22-9-11-24(34)12-10-22)37-41(39,40)19-21-8-14-26(32)27(33)16-21/h7-16,28-29,35,37H,4-6,17-19H2,1-3H3,(H,36,38)/t28-,29-/m1/s1. The first-order chi connectivity index (χ1) is 19.3. The van der Waals surface area contributed by atoms with Gasteiger partial charge in [-0.1, -0.05) is 59.6 Å². The molecule has 6 nitrogen and oxygen atoms in total. The highest BCUT2D eigenvalue weighted by molar-refractivity contribution is 7.88. The zero-order valence-corrected chi connectivity index (χ0v) is 25.8. The first-order valence-electron chi connectivity index (χ1n) is 13.6. The molecule has 3 aromatic rings. The van der Waals surface area contributed by atoms with E-state index in [2.05, 4.69) is 54.3 Å². The summed E-state index contributed by atoms with van der Waals surface area (Å²) >= 11 is 12.0. The molecular formula is C31H36Cl2FN3O3S. The lowest BCUT2D eigenvalue weighted by molar-refractivity contribution is -0.122. The Morgan fingerprint density at radius 3 is 2.39 bits per heavy atom. The van der Waals surface area contributed by atoms with Crippen LogP contribution in [-0.4, -0.2) is 19.9 Å². The van der Waals surface area contributed by atoms with E-state index in [1.54, 1.807) is 6.07 Å². The lowest BCUT2D eigenvalue weighted by atomic mass is 9.86. The van der Waals surface area contributed by atoms with Crippen molar-refractivity contribution in [2.45, 2.75) is 76.4 Å². The molecule has 0 unspecified atom stereocenters. The summed E-state index contributed by atoms with van der Waals surface area (Å²) in [6.07, 6.45) is 2.53. The average molecular weight is 621 g/mol. The Bertz CT molecular complexity index is 1490. The molecule has 0 spiro atoms. The van der Waals surface area contributed by atoms with Gasteiger partial charge in [-0.25, -0.2) is 17.5 Å². The second-order valence-electron chi connectivity index (χ2n) is 11.6. The van der Waals surface area contributed by atoms with Gasteiger partial charge in [0.2, 0.25) is 15.9 Å². The molecule has 1 amide bonds. The van der Waals surface area contributed by atoms with Crippen LogP contribution in [0.2, 0.25) is 10.0 Å². The van der Waals surface area contributed by atoms with Crippen molar-refractivity contribution in [3.05, 3.63) is 104 Å². The van der Waals surface area contributed by atoms with Gasteiger partial charge < -0.3 is 10.6 Å². The lowest BCUT2D eigenvalue weighted by Crippen LogP contribution is -2.37. The molecule has 0 aromatic heterocycles. The van der Waals surface area contributed by atoms with Gasteiger partial charge in [0.25, 0.3) is 0 Å². The molecular weight excluding hydrogens is 584 g/mol. The summed E-state index contributed by atoms with van der Waals surface area (Å²) < 4.78 is 42.5. The van der Waals surface area contributed by atoms with Gasteiger partial charge in [0.15, 0.2) is 0 Å². The number of aryl methyl sites for hydroxylation is 1. The highest BCUT2D eigenvalue weighted by Crippen LogP contribution is 2.31. The number of benzene rings is 3. The van der Waals surface area contributed by atoms with Crippen molar-refractivity contribution in [2.75, 3.05) is 0 Å². The maximum absolute atomic E-state index is 13.6. The summed E-state index contributed by atoms with van der Waals surface area (Å²) in [5, 5.41) is 7.19. The molecule has 3 aromatic carbocycles. The van der Waals surface area contributed by atoms with Gasteiger partial charge in [0.1, 0.15) is 5.82 Å². The van der Waals surface area contributed by atoms with Crippen LogP contribution in [0.15, 0.2) is 60.7 Å². The van der Waals surface area contributed by atoms with Crippen LogP contribution in [-0.2, 0) is 33.5 Å². The van der Waals surface area contributed by atoms with Crippen LogP contribution in [0.25, 0.3) is 0 Å². The predicted octanol–water partition coefficient (Wildman–Crippen LogP) is 6.77. The van der Waals surface area contributed by atoms with Crippen LogP contribution in [0.5, 0.6) is 0 Å². The number of rotatable bonds is 10. The largest absolute Gasteiger partial charge is 0.349 e. The Morgan fingerprint density at radius 2 is 1.71 bits per heavy atom. The van der Waals surface area contributed by atoms with Gasteiger partial charge in [-0.15, -0.1) is 0 Å². The summed E-state index contributed by atoms with van der Waals surface area (Å²) in [5.41, 5.74) is 4.44. The number of hydrogen-bond donors (Lipinski definition) is 3. The first-order valence-corrected chi connectivity index (χ1v) is 16.0. The third kappa shape index (κ3) is 9.25. The fourth-order valence-electron chi connectivity index (χ4n) is 4.96. The molecule has 0 bridgehead atoms. The maximum atomic E-state index is 13.6. The molecule has 0 fully saturated rings. The van der Waals surface area contributed by atoms with E-state index in [1.165, 1.54) is 47.5 Å². The summed E-state index contributed by atoms with van der Waals surface area (Å²) in [4.78, 5) is 13.3. The number of carbonyl (C=O) groups excluding carboxylic acids is 1. The number of hydrogen-bond acceptors (Lipinski definition) is 4. The third-order valence-electron chi connectivity index (χ3n) is 7.00. The van der Waals surface area contributed by atoms with Gasteiger partial charge in [0, 0.05) is 18.5 Å². The normalized spacial score (nSPS) is 16.2. The zero-order valence-electron chi connectivity index (χ0n) is 23.4. The summed E-state index contributed by atoms with van der Waals surface area (Å²) in [6, 6.07) is 15.4. The van der Waals surface area contributed by atoms with Crippen molar-refractivity contribution in [3.8, 4) is 0 Å². The first kappa shape index (κ1) is 31.4. The quantitative estimate of drug-likeness (QED) is 0.234. The number of halogens is 3. The minimum absolute atomic E-state index is 0.0108. The second-order valence-corrected chi connectivity index (χ2v) is 14.2. The van der Waals surface area contributed by atoms with E-state index in [0.29, 0.717) is 16.1 Å². The number of carbonyl (C=O) groups is 1. The van der Waals surface area contributed by atoms with Crippen LogP contribution in [0.3, 0.4) is 0 Å². The van der Waals surface area contributed by atoms with Crippen molar-refractivity contribution >= 4 is 39.1 Å². The molecule has 2 atom stereocenters. The van der Waals surface area contributed by atoms with Crippen LogP contribution < -0.4 is 15.4 Å². The Kier molecular flexibility index (Phi) is 10.1. The maximum Gasteiger partial charge on any atom is 0.222 e. The van der Waals surface area contributed by atoms with Crippen molar-refractivity contribution < 1.29 is 17.6 Å². The van der Waals surface area contributed by atoms with E-state index in [0.717, 1.165) is 31.4 Å². The van der Waals surface area contributed by atoms with Gasteiger partial charge in [-0.3, -0.25) is 4.79 Å². The Hall–Kier alpha value is -2.49. The van der Waals surface area contributed by atoms with Crippen molar-refractivity contribution in [3.63, 3.8) is 0 Å². The van der Waals surface area contributed by atoms with E-state index < -0.39 is 21.9 Å². The third-order valence-corrected chi connectivity index (χ3v) is 9.10. The molecule has 1 aliphatic carbocycles. The summed E-state index contributed by atoms with van der Waals surface area (Å²) in [5.74, 6) is -1.11. The molecule has 10 heteroatoms. The predicted molar refractivity (Wildman–Crippen MR) is 163 cm³/mol. The number of amides is 1. The Balaban J connectivity index is 1.48. The molecule has 0 aliphatic heterocycles. The lowest BCUT2D eigenvalue weighted by Gasteiger charge is -2.28. The smallest absolute Gasteiger partial charge is 0.222 e. The molecule has 1 aliphatic rings. The Morgan fingerprint density at radius 1 is 1.00 bits per heavy atom. The molecule has 4 rings (SSSR count). The number of sulfonamides is 1. The van der Waals surface area contributed by atoms with Gasteiger partial charge in [0.05, 0.1) is 27.9 Å². The van der Waals surface area contributed by atoms with Gasteiger partial charge in [-0.05, 0) is 92.1 Å². The van der Waals surface area contributed by atoms with Crippen LogP contribution in [0.1, 0.15) is 79.9 Å². The van der Waals surface area contributed by atoms with Gasteiger partial charge in [-0.2, -0.15) is 0 Å². The minimum atomic E-state index is -3.90. The summed E-state index contributed by atoms with van der Waals surface area (Å²) in [6.45, 7) is 7.15. The van der Waals surface area contributed by atoms with Crippen LogP contribution in [0, 0.1) is 5.82 Å². The van der Waals surface area contributed by atoms with E-state index in [1.807, 2.05) is 0 Å². The van der Waals surface area contributed by atoms with Crippen LogP contribution >= 0.6 is 23.2 Å². The highest BCUT2D eigenvalue weighted by Gasteiger charge is 2.27. The van der Waals surface area contributed by atoms with Crippen LogP contribution in [0.4, 0.5) is 4.39 Å². The molecule has 0 heterocycles. The fraction of sp³-hybridized carbons (Fsp3) is 0.387. The molecule has 41 heavy (non-hydrogen) atoms. The van der Waals surface area contributed by atoms with Crippen molar-refractivity contribution in [1.82, 2.24) is 15.4 Å². The monoisotopic (exact) mass is 619 g/mol. The molecule has 3 N–H and O–H groups in total. The van der Waals surface area contributed by atoms with E-state index in [9.17, 15) is 17.6 Å². The SMILES string of the molecule is CC(C)(C)NCc1ccc2c(c1)CCC[C@H]2NC(=O)C[C@@H](NS(=O)(=O)Cc1ccc(Cl)c(Cl)c1)c1ccc(F)cc1. The molecule has 220 valence electrons. The number of fused-ring (bicyclic) bond motifs is 1. The fourth-order valence-corrected chi connectivity index (χ4v) is 6.64. The number of nitrogens with one attached hydrogen (secondary N) is 3. The zero-order chi connectivity index (χ0) is 29.8. The molecule has 0 radical (unpaired) electrons. The molecule has 0 saturated heterocycles. The van der Waals surface area contributed by atoms with Crippen molar-refractivity contribution in [1.29, 1.82) is 0 Å². The topological polar surface area (TPSA) is 87.3 Å². The van der Waals surface area contributed by atoms with Gasteiger partial charge >= 0.3 is 0 Å².